The Morgan fingerprint density at radius 3 is 1.02 bits per heavy atom. The fraction of sp³-hybridized carbons (Fsp3) is 0.182. The molecular weight excluding hydrogens is 1430 g/mol. The van der Waals surface area contributed by atoms with E-state index >= 15 is 0 Å². The van der Waals surface area contributed by atoms with Crippen LogP contribution in [-0.4, -0.2) is 0 Å². The molecule has 0 bridgehead atoms. The van der Waals surface area contributed by atoms with E-state index in [2.05, 4.69) is 365 Å². The minimum atomic E-state index is -0.398. The van der Waals surface area contributed by atoms with E-state index in [0.29, 0.717) is 11.1 Å². The van der Waals surface area contributed by atoms with Crippen molar-refractivity contribution >= 4 is 129 Å². The largest absolute Gasteiger partial charge is 0.456 e. The molecule has 20 rings (SSSR count). The molecule has 0 aliphatic carbocycles. The van der Waals surface area contributed by atoms with Crippen molar-refractivity contribution in [2.24, 2.45) is 0 Å². The Balaban J connectivity index is 0.000000112. The van der Waals surface area contributed by atoms with E-state index in [1.54, 1.807) is 6.07 Å². The van der Waals surface area contributed by atoms with Crippen LogP contribution in [0.4, 0.5) is 0 Å². The van der Waals surface area contributed by atoms with Gasteiger partial charge >= 0.3 is 0 Å². The van der Waals surface area contributed by atoms with E-state index in [1.165, 1.54) is 123 Å². The number of rotatable bonds is 5. The molecule has 0 radical (unpaired) electrons. The third-order valence-corrected chi connectivity index (χ3v) is 24.2. The number of furan rings is 3. The maximum Gasteiger partial charge on any atom is 0.143 e. The van der Waals surface area contributed by atoms with Crippen LogP contribution in [-0.2, 0) is 27.1 Å². The lowest BCUT2D eigenvalue weighted by Gasteiger charge is -2.21. The zero-order valence-electron chi connectivity index (χ0n) is 73.4. The number of para-hydroxylation sites is 4. The summed E-state index contributed by atoms with van der Waals surface area (Å²) in [6, 6.07) is 105. The second kappa shape index (κ2) is 31.2. The van der Waals surface area contributed by atoms with Crippen molar-refractivity contribution in [3.05, 3.63) is 361 Å². The van der Waals surface area contributed by atoms with Crippen LogP contribution in [0.25, 0.3) is 162 Å². The van der Waals surface area contributed by atoms with Gasteiger partial charge in [-0.15, -0.1) is 22.7 Å². The molecule has 5 aromatic heterocycles. The molecule has 15 aromatic carbocycles. The zero-order valence-corrected chi connectivity index (χ0v) is 70.0. The van der Waals surface area contributed by atoms with Crippen LogP contribution in [0.15, 0.2) is 347 Å². The molecule has 115 heavy (non-hydrogen) atoms. The van der Waals surface area contributed by atoms with E-state index in [1.807, 2.05) is 59.1 Å². The van der Waals surface area contributed by atoms with Gasteiger partial charge in [-0.1, -0.05) is 413 Å². The van der Waals surface area contributed by atoms with Gasteiger partial charge in [-0.2, -0.15) is 0 Å². The van der Waals surface area contributed by atoms with Crippen LogP contribution in [0, 0.1) is 0 Å². The second-order valence-corrected chi connectivity index (χ2v) is 37.1. The molecule has 0 aliphatic heterocycles. The first-order chi connectivity index (χ1) is 57.3. The summed E-state index contributed by atoms with van der Waals surface area (Å²) >= 11 is 3.84. The van der Waals surface area contributed by atoms with Gasteiger partial charge in [0.2, 0.25) is 0 Å². The topological polar surface area (TPSA) is 39.4 Å². The Bertz CT molecular complexity index is 6850. The van der Waals surface area contributed by atoms with E-state index in [9.17, 15) is 0 Å². The fourth-order valence-electron chi connectivity index (χ4n) is 16.2. The number of hydrogen-bond donors (Lipinski definition) is 0. The van der Waals surface area contributed by atoms with Gasteiger partial charge in [0.15, 0.2) is 0 Å². The number of thiophene rings is 2. The van der Waals surface area contributed by atoms with Gasteiger partial charge in [-0.25, -0.2) is 0 Å². The number of hydrogen-bond acceptors (Lipinski definition) is 5. The number of fused-ring (bicyclic) bond motifs is 15. The molecule has 0 spiro atoms. The quantitative estimate of drug-likeness (QED) is 0.172. The smallest absolute Gasteiger partial charge is 0.143 e. The first-order valence-electron chi connectivity index (χ1n) is 42.4. The van der Waals surface area contributed by atoms with Crippen molar-refractivity contribution in [3.8, 4) is 55.6 Å². The predicted molar refractivity (Wildman–Crippen MR) is 501 cm³/mol. The lowest BCUT2D eigenvalue weighted by Crippen LogP contribution is -2.11. The first kappa shape index (κ1) is 71.0. The lowest BCUT2D eigenvalue weighted by molar-refractivity contribution is 0.572. The van der Waals surface area contributed by atoms with Crippen LogP contribution in [0.5, 0.6) is 0 Å². The molecule has 0 saturated heterocycles. The number of benzene rings is 15. The van der Waals surface area contributed by atoms with Crippen molar-refractivity contribution in [1.29, 1.82) is 0 Å². The van der Waals surface area contributed by atoms with E-state index < -0.39 is 6.04 Å². The molecule has 0 aliphatic rings. The minimum Gasteiger partial charge on any atom is -0.456 e. The lowest BCUT2D eigenvalue weighted by atomic mass is 9.83. The van der Waals surface area contributed by atoms with Crippen molar-refractivity contribution in [1.82, 2.24) is 0 Å². The standard InChI is InChI=1S/3C22H20O.2C22H20S/c1-22(2,3)17-12-8-14-19-21(17)20-16(11-7-13-18(20)23-19)15-9-5-4-6-10-15;2*1-22(2,3)19-14-8-13-18-17-12-7-11-16(20(17)23-21(18)19)15-9-5-4-6-10-15;1-22(2,3)17-12-8-14-19-21(17)20-16(11-7-13-18(20)23-19)15-9-5-4-6-10-15;1-22(2,3)19-14-8-13-18-17-12-7-11-16(20(17)23-21(18)19)15-9-5-4-6-10-15/h5*4-14H,1-3H3/i;4D,5D,6D,9D,10D;;;. The molecule has 0 saturated carbocycles. The highest BCUT2D eigenvalue weighted by Crippen LogP contribution is 2.49. The summed E-state index contributed by atoms with van der Waals surface area (Å²) < 4.78 is 64.8. The van der Waals surface area contributed by atoms with Crippen LogP contribution < -0.4 is 0 Å². The minimum absolute atomic E-state index is 0.0558. The molecule has 0 amide bonds. The highest BCUT2D eigenvalue weighted by molar-refractivity contribution is 7.26. The molecular formula is C110H100O3S2. The summed E-state index contributed by atoms with van der Waals surface area (Å²) in [5, 5.41) is 12.3. The van der Waals surface area contributed by atoms with Gasteiger partial charge in [-0.05, 0) is 113 Å². The van der Waals surface area contributed by atoms with E-state index in [-0.39, 0.29) is 56.8 Å². The first-order valence-corrected chi connectivity index (χ1v) is 41.5. The maximum atomic E-state index is 8.31. The predicted octanol–water partition coefficient (Wildman–Crippen LogP) is 33.7. The molecule has 5 heterocycles. The summed E-state index contributed by atoms with van der Waals surface area (Å²) in [6.07, 6.45) is 0. The Morgan fingerprint density at radius 2 is 0.539 bits per heavy atom. The van der Waals surface area contributed by atoms with Crippen molar-refractivity contribution in [3.63, 3.8) is 0 Å². The summed E-state index contributed by atoms with van der Waals surface area (Å²) in [5.74, 6) is 0. The summed E-state index contributed by atoms with van der Waals surface area (Å²) in [7, 11) is 0. The van der Waals surface area contributed by atoms with Gasteiger partial charge < -0.3 is 13.3 Å². The molecule has 0 N–H and O–H groups in total. The van der Waals surface area contributed by atoms with E-state index in [4.69, 9.17) is 20.1 Å². The van der Waals surface area contributed by atoms with Crippen molar-refractivity contribution < 1.29 is 20.1 Å². The van der Waals surface area contributed by atoms with Crippen LogP contribution in [0.3, 0.4) is 0 Å². The summed E-state index contributed by atoms with van der Waals surface area (Å²) in [4.78, 5) is 0. The maximum absolute atomic E-state index is 8.31. The third kappa shape index (κ3) is 15.4. The van der Waals surface area contributed by atoms with E-state index in [0.717, 1.165) is 49.8 Å². The Morgan fingerprint density at radius 1 is 0.217 bits per heavy atom. The van der Waals surface area contributed by atoms with Crippen molar-refractivity contribution in [2.75, 3.05) is 0 Å². The zero-order chi connectivity index (χ0) is 84.5. The van der Waals surface area contributed by atoms with Crippen LogP contribution in [0.2, 0.25) is 0 Å². The molecule has 5 heteroatoms. The molecule has 0 unspecified atom stereocenters. The SMILES string of the molecule is CC(C)(C)c1cccc2c1oc1c(-c3ccccc3)cccc12.CC(C)(C)c1cccc2c1sc1c(-c3ccccc3)cccc12.CC(C)(C)c1cccc2oc3cccc(-c4ccccc4)c3c12.CC(C)(C)c1cccc2sc3cccc(-c4ccccc4)c3c12.[2H]c1c([2H])c([2H])c(-c2cccc3c2oc2c(C(C)(C)C)cccc23)c([2H])c1[2H]. The van der Waals surface area contributed by atoms with Gasteiger partial charge in [-0.3, -0.25) is 0 Å². The monoisotopic (exact) mass is 1540 g/mol. The Hall–Kier alpha value is -11.9. The third-order valence-electron chi connectivity index (χ3n) is 21.8. The normalized spacial score (nSPS) is 12.7. The highest BCUT2D eigenvalue weighted by Gasteiger charge is 2.28. The van der Waals surface area contributed by atoms with Gasteiger partial charge in [0.05, 0.1) is 6.85 Å². The van der Waals surface area contributed by atoms with Gasteiger partial charge in [0, 0.05) is 94.9 Å². The summed E-state index contributed by atoms with van der Waals surface area (Å²) in [6.45, 7) is 33.6. The van der Waals surface area contributed by atoms with Crippen LogP contribution >= 0.6 is 22.7 Å². The molecule has 0 atom stereocenters. The van der Waals surface area contributed by atoms with Crippen LogP contribution in [0.1, 0.15) is 139 Å². The summed E-state index contributed by atoms with van der Waals surface area (Å²) in [5.41, 5.74) is 22.8. The van der Waals surface area contributed by atoms with Gasteiger partial charge in [0.1, 0.15) is 33.5 Å². The van der Waals surface area contributed by atoms with Crippen molar-refractivity contribution in [2.45, 2.75) is 131 Å². The average Bonchev–Trinajstić information content (AvgIpc) is 1.64. The molecule has 570 valence electrons. The second-order valence-electron chi connectivity index (χ2n) is 35.0. The van der Waals surface area contributed by atoms with Gasteiger partial charge in [0.25, 0.3) is 0 Å². The molecule has 20 aromatic rings. The Labute approximate surface area is 692 Å². The molecule has 3 nitrogen and oxygen atoms in total. The highest BCUT2D eigenvalue weighted by atomic mass is 32.1. The average molecular weight is 1540 g/mol. The Kier molecular flexibility index (Phi) is 19.2. The fourth-order valence-corrected chi connectivity index (χ4v) is 18.9. The molecule has 0 fully saturated rings.